The van der Waals surface area contributed by atoms with Crippen molar-refractivity contribution < 1.29 is 27.9 Å². The van der Waals surface area contributed by atoms with Crippen LogP contribution in [0.1, 0.15) is 5.56 Å². The van der Waals surface area contributed by atoms with Crippen molar-refractivity contribution in [3.63, 3.8) is 0 Å². The molecule has 3 aromatic rings. The molecule has 1 unspecified atom stereocenters. The van der Waals surface area contributed by atoms with E-state index >= 15 is 0 Å². The number of H-pyrrole nitrogens is 1. The molecule has 0 saturated heterocycles. The lowest BCUT2D eigenvalue weighted by Crippen LogP contribution is -2.37. The number of aromatic nitrogens is 2. The third-order valence-electron chi connectivity index (χ3n) is 3.93. The van der Waals surface area contributed by atoms with E-state index in [-0.39, 0.29) is 5.91 Å². The zero-order chi connectivity index (χ0) is 23.0. The summed E-state index contributed by atoms with van der Waals surface area (Å²) in [5.74, 6) is -2.98. The highest BCUT2D eigenvalue weighted by atomic mass is 35.5. The normalized spacial score (nSPS) is 11.8. The van der Waals surface area contributed by atoms with Crippen molar-refractivity contribution in [2.75, 3.05) is 5.32 Å². The molecule has 0 spiro atoms. The minimum absolute atomic E-state index is 0.221. The molecule has 3 rings (SSSR count). The molecule has 5 N–H and O–H groups in total. The smallest absolute Gasteiger partial charge is 0.475 e. The van der Waals surface area contributed by atoms with Gasteiger partial charge in [0.25, 0.3) is 0 Å². The maximum Gasteiger partial charge on any atom is 0.490 e. The molecule has 2 aromatic carbocycles. The fourth-order valence-electron chi connectivity index (χ4n) is 2.36. The standard InChI is InChI=1S/C18H17ClN4O.C2HF3O2/c19-15-5-1-12(2-6-15)9-17(20)18(24)23-16-7-3-13(4-8-16)14-10-21-22-11-14;3-2(4,5)1(6)7/h1-8,10-11,17H,9,20H2,(H,21,22)(H,23,24);(H,6,7). The number of nitrogens with two attached hydrogens (primary N) is 1. The third-order valence-corrected chi connectivity index (χ3v) is 4.18. The molecular weight excluding hydrogens is 437 g/mol. The number of alkyl halides is 3. The molecule has 0 aliphatic rings. The number of anilines is 1. The maximum absolute atomic E-state index is 12.2. The van der Waals surface area contributed by atoms with Gasteiger partial charge in [0.2, 0.25) is 5.91 Å². The number of carboxylic acids is 1. The lowest BCUT2D eigenvalue weighted by molar-refractivity contribution is -0.192. The fourth-order valence-corrected chi connectivity index (χ4v) is 2.48. The van der Waals surface area contributed by atoms with Gasteiger partial charge in [0, 0.05) is 22.5 Å². The van der Waals surface area contributed by atoms with Gasteiger partial charge in [-0.05, 0) is 41.8 Å². The number of rotatable bonds is 5. The highest BCUT2D eigenvalue weighted by Gasteiger charge is 2.38. The minimum atomic E-state index is -5.08. The van der Waals surface area contributed by atoms with Crippen molar-refractivity contribution in [3.05, 3.63) is 71.5 Å². The Balaban J connectivity index is 0.000000423. The summed E-state index contributed by atoms with van der Waals surface area (Å²) >= 11 is 5.85. The van der Waals surface area contributed by atoms with Gasteiger partial charge in [-0.3, -0.25) is 9.89 Å². The van der Waals surface area contributed by atoms with Crippen LogP contribution in [-0.2, 0) is 16.0 Å². The number of halogens is 4. The van der Waals surface area contributed by atoms with Crippen molar-refractivity contribution in [1.82, 2.24) is 10.2 Å². The van der Waals surface area contributed by atoms with E-state index in [2.05, 4.69) is 15.5 Å². The van der Waals surface area contributed by atoms with Gasteiger partial charge < -0.3 is 16.2 Å². The minimum Gasteiger partial charge on any atom is -0.475 e. The van der Waals surface area contributed by atoms with Crippen molar-refractivity contribution >= 4 is 29.2 Å². The molecular formula is C20H18ClF3N4O3. The number of hydrogen-bond acceptors (Lipinski definition) is 4. The highest BCUT2D eigenvalue weighted by molar-refractivity contribution is 6.30. The van der Waals surface area contributed by atoms with Gasteiger partial charge in [-0.1, -0.05) is 35.9 Å². The molecule has 0 radical (unpaired) electrons. The van der Waals surface area contributed by atoms with Crippen LogP contribution in [0.2, 0.25) is 5.02 Å². The lowest BCUT2D eigenvalue weighted by Gasteiger charge is -2.13. The molecule has 0 bridgehead atoms. The summed E-state index contributed by atoms with van der Waals surface area (Å²) in [5, 5.41) is 17.3. The van der Waals surface area contributed by atoms with Crippen molar-refractivity contribution in [2.24, 2.45) is 5.73 Å². The summed E-state index contributed by atoms with van der Waals surface area (Å²) in [5.41, 5.74) is 9.68. The van der Waals surface area contributed by atoms with E-state index in [9.17, 15) is 18.0 Å². The number of hydrogen-bond donors (Lipinski definition) is 4. The third kappa shape index (κ3) is 7.76. The van der Waals surface area contributed by atoms with E-state index in [1.807, 2.05) is 42.6 Å². The number of nitrogens with zero attached hydrogens (tertiary/aromatic N) is 1. The molecule has 31 heavy (non-hydrogen) atoms. The van der Waals surface area contributed by atoms with Crippen LogP contribution in [-0.4, -0.2) is 39.4 Å². The van der Waals surface area contributed by atoms with Crippen molar-refractivity contribution in [2.45, 2.75) is 18.6 Å². The number of amides is 1. The van der Waals surface area contributed by atoms with Crippen LogP contribution in [0.15, 0.2) is 60.9 Å². The first-order valence-corrected chi connectivity index (χ1v) is 9.14. The lowest BCUT2D eigenvalue weighted by atomic mass is 10.1. The largest absolute Gasteiger partial charge is 0.490 e. The van der Waals surface area contributed by atoms with Gasteiger partial charge in [0.05, 0.1) is 12.2 Å². The van der Waals surface area contributed by atoms with Crippen molar-refractivity contribution in [3.8, 4) is 11.1 Å². The van der Waals surface area contributed by atoms with E-state index < -0.39 is 18.2 Å². The number of aliphatic carboxylic acids is 1. The molecule has 0 aliphatic carbocycles. The second kappa shape index (κ2) is 10.6. The van der Waals surface area contributed by atoms with Gasteiger partial charge in [0.15, 0.2) is 0 Å². The summed E-state index contributed by atoms with van der Waals surface area (Å²) in [6.45, 7) is 0. The molecule has 164 valence electrons. The van der Waals surface area contributed by atoms with E-state index in [0.717, 1.165) is 16.7 Å². The molecule has 1 aromatic heterocycles. The Morgan fingerprint density at radius 3 is 2.16 bits per heavy atom. The molecule has 0 aliphatic heterocycles. The second-order valence-electron chi connectivity index (χ2n) is 6.29. The number of nitrogens with one attached hydrogen (secondary N) is 2. The van der Waals surface area contributed by atoms with Gasteiger partial charge in [-0.2, -0.15) is 18.3 Å². The fraction of sp³-hybridized carbons (Fsp3) is 0.150. The van der Waals surface area contributed by atoms with Crippen LogP contribution < -0.4 is 11.1 Å². The van der Waals surface area contributed by atoms with Crippen LogP contribution >= 0.6 is 11.6 Å². The van der Waals surface area contributed by atoms with Crippen LogP contribution in [0.5, 0.6) is 0 Å². The Morgan fingerprint density at radius 2 is 1.68 bits per heavy atom. The molecule has 7 nitrogen and oxygen atoms in total. The molecule has 0 fully saturated rings. The molecule has 1 amide bonds. The highest BCUT2D eigenvalue weighted by Crippen LogP contribution is 2.20. The van der Waals surface area contributed by atoms with Crippen molar-refractivity contribution in [1.29, 1.82) is 0 Å². The number of carbonyl (C=O) groups is 2. The number of carboxylic acid groups (broad SMARTS) is 1. The SMILES string of the molecule is NC(Cc1ccc(Cl)cc1)C(=O)Nc1ccc(-c2cn[nH]c2)cc1.O=C(O)C(F)(F)F. The number of carbonyl (C=O) groups excluding carboxylic acids is 1. The summed E-state index contributed by atoms with van der Waals surface area (Å²) in [6, 6.07) is 14.2. The first kappa shape index (κ1) is 23.9. The van der Waals surface area contributed by atoms with E-state index in [0.29, 0.717) is 17.1 Å². The second-order valence-corrected chi connectivity index (χ2v) is 6.73. The summed E-state index contributed by atoms with van der Waals surface area (Å²) < 4.78 is 31.7. The zero-order valence-corrected chi connectivity index (χ0v) is 16.6. The first-order valence-electron chi connectivity index (χ1n) is 8.76. The van der Waals surface area contributed by atoms with E-state index in [1.54, 1.807) is 18.3 Å². The maximum atomic E-state index is 12.2. The summed E-state index contributed by atoms with van der Waals surface area (Å²) in [4.78, 5) is 21.1. The van der Waals surface area contributed by atoms with Gasteiger partial charge in [0.1, 0.15) is 0 Å². The molecule has 11 heteroatoms. The van der Waals surface area contributed by atoms with Crippen LogP contribution in [0, 0.1) is 0 Å². The van der Waals surface area contributed by atoms with E-state index in [1.165, 1.54) is 0 Å². The Hall–Kier alpha value is -3.37. The first-order chi connectivity index (χ1) is 14.6. The Morgan fingerprint density at radius 1 is 1.10 bits per heavy atom. The Kier molecular flexibility index (Phi) is 8.17. The molecule has 1 heterocycles. The monoisotopic (exact) mass is 454 g/mol. The Bertz CT molecular complexity index is 992. The van der Waals surface area contributed by atoms with Gasteiger partial charge >= 0.3 is 12.1 Å². The van der Waals surface area contributed by atoms with Gasteiger partial charge in [-0.15, -0.1) is 0 Å². The predicted molar refractivity (Wildman–Crippen MR) is 109 cm³/mol. The predicted octanol–water partition coefficient (Wildman–Crippen LogP) is 3.87. The summed E-state index contributed by atoms with van der Waals surface area (Å²) in [6.07, 6.45) is -1.07. The zero-order valence-electron chi connectivity index (χ0n) is 15.9. The molecule has 1 atom stereocenters. The van der Waals surface area contributed by atoms with Gasteiger partial charge in [-0.25, -0.2) is 4.79 Å². The topological polar surface area (TPSA) is 121 Å². The Labute approximate surface area is 180 Å². The van der Waals surface area contributed by atoms with Crippen LogP contribution in [0.4, 0.5) is 18.9 Å². The number of benzene rings is 2. The average molecular weight is 455 g/mol. The van der Waals surface area contributed by atoms with E-state index in [4.69, 9.17) is 27.2 Å². The molecule has 0 saturated carbocycles. The average Bonchev–Trinajstić information content (AvgIpc) is 3.25. The summed E-state index contributed by atoms with van der Waals surface area (Å²) in [7, 11) is 0. The number of aromatic amines is 1. The van der Waals surface area contributed by atoms with Crippen LogP contribution in [0.3, 0.4) is 0 Å². The quantitative estimate of drug-likeness (QED) is 0.466. The van der Waals surface area contributed by atoms with Crippen LogP contribution in [0.25, 0.3) is 11.1 Å².